The smallest absolute Gasteiger partial charge is 0.232 e. The number of pyridine rings is 1. The molecule has 0 fully saturated rings. The van der Waals surface area contributed by atoms with Gasteiger partial charge in [-0.25, -0.2) is 4.98 Å². The van der Waals surface area contributed by atoms with E-state index in [0.717, 1.165) is 0 Å². The van der Waals surface area contributed by atoms with Crippen molar-refractivity contribution in [2.24, 2.45) is 5.41 Å². The molecule has 0 aliphatic rings. The minimum Gasteiger partial charge on any atom is -0.310 e. The van der Waals surface area contributed by atoms with Gasteiger partial charge in [0.15, 0.2) is 5.82 Å². The first-order chi connectivity index (χ1) is 10.2. The summed E-state index contributed by atoms with van der Waals surface area (Å²) in [5, 5.41) is 7.88. The van der Waals surface area contributed by atoms with Crippen molar-refractivity contribution in [2.75, 3.05) is 11.2 Å². The zero-order chi connectivity index (χ0) is 16.5. The van der Waals surface area contributed by atoms with Gasteiger partial charge in [0.05, 0.1) is 21.2 Å². The summed E-state index contributed by atoms with van der Waals surface area (Å²) in [4.78, 5) is 16.5. The SMILES string of the molecule is Cc1cc(NC(=O)C(C)(C)CCl)n(-c2ncc(Cl)cc2Cl)n1. The van der Waals surface area contributed by atoms with Gasteiger partial charge in [0, 0.05) is 18.1 Å². The summed E-state index contributed by atoms with van der Waals surface area (Å²) in [6.07, 6.45) is 1.47. The zero-order valence-corrected chi connectivity index (χ0v) is 14.6. The summed E-state index contributed by atoms with van der Waals surface area (Å²) in [7, 11) is 0. The van der Waals surface area contributed by atoms with Crippen LogP contribution in [0.3, 0.4) is 0 Å². The highest BCUT2D eigenvalue weighted by molar-refractivity contribution is 6.35. The molecule has 1 N–H and O–H groups in total. The Balaban J connectivity index is 2.41. The van der Waals surface area contributed by atoms with Gasteiger partial charge in [0.1, 0.15) is 5.82 Å². The fraction of sp³-hybridized carbons (Fsp3) is 0.357. The van der Waals surface area contributed by atoms with Crippen LogP contribution in [0.25, 0.3) is 5.82 Å². The van der Waals surface area contributed by atoms with Crippen LogP contribution in [0.15, 0.2) is 18.3 Å². The Morgan fingerprint density at radius 2 is 2.05 bits per heavy atom. The zero-order valence-electron chi connectivity index (χ0n) is 12.3. The lowest BCUT2D eigenvalue weighted by Crippen LogP contribution is -2.33. The molecule has 0 spiro atoms. The minimum absolute atomic E-state index is 0.200. The van der Waals surface area contributed by atoms with Crippen LogP contribution in [0.4, 0.5) is 5.82 Å². The highest BCUT2D eigenvalue weighted by Gasteiger charge is 2.28. The van der Waals surface area contributed by atoms with Gasteiger partial charge in [-0.05, 0) is 26.8 Å². The number of anilines is 1. The van der Waals surface area contributed by atoms with E-state index in [1.807, 2.05) is 6.92 Å². The average Bonchev–Trinajstić information content (AvgIpc) is 2.79. The van der Waals surface area contributed by atoms with Crippen LogP contribution in [0.2, 0.25) is 10.0 Å². The van der Waals surface area contributed by atoms with Crippen LogP contribution >= 0.6 is 34.8 Å². The number of hydrogen-bond acceptors (Lipinski definition) is 3. The summed E-state index contributed by atoms with van der Waals surface area (Å²) in [5.41, 5.74) is 0.00806. The molecule has 0 radical (unpaired) electrons. The van der Waals surface area contributed by atoms with Gasteiger partial charge >= 0.3 is 0 Å². The minimum atomic E-state index is -0.707. The maximum atomic E-state index is 12.3. The number of aryl methyl sites for hydroxylation is 1. The Morgan fingerprint density at radius 1 is 1.36 bits per heavy atom. The molecule has 8 heteroatoms. The summed E-state index contributed by atoms with van der Waals surface area (Å²) in [6.45, 7) is 5.33. The molecule has 0 atom stereocenters. The first-order valence-electron chi connectivity index (χ1n) is 6.50. The van der Waals surface area contributed by atoms with E-state index in [4.69, 9.17) is 34.8 Å². The van der Waals surface area contributed by atoms with Crippen molar-refractivity contribution in [3.8, 4) is 5.82 Å². The Bertz CT molecular complexity index is 712. The van der Waals surface area contributed by atoms with Crippen LogP contribution in [-0.4, -0.2) is 26.6 Å². The monoisotopic (exact) mass is 360 g/mol. The second kappa shape index (κ2) is 6.44. The predicted molar refractivity (Wildman–Crippen MR) is 89.2 cm³/mol. The number of rotatable bonds is 4. The van der Waals surface area contributed by atoms with Gasteiger partial charge in [-0.15, -0.1) is 11.6 Å². The molecule has 118 valence electrons. The van der Waals surface area contributed by atoms with E-state index < -0.39 is 5.41 Å². The van der Waals surface area contributed by atoms with Gasteiger partial charge in [0.25, 0.3) is 0 Å². The van der Waals surface area contributed by atoms with Gasteiger partial charge in [0.2, 0.25) is 5.91 Å². The fourth-order valence-electron chi connectivity index (χ4n) is 1.66. The molecule has 0 aliphatic heterocycles. The Kier molecular flexibility index (Phi) is 5.00. The normalized spacial score (nSPS) is 11.5. The highest BCUT2D eigenvalue weighted by atomic mass is 35.5. The number of nitrogens with one attached hydrogen (secondary N) is 1. The lowest BCUT2D eigenvalue weighted by atomic mass is 9.95. The molecule has 0 bridgehead atoms. The molecular weight excluding hydrogens is 347 g/mol. The van der Waals surface area contributed by atoms with E-state index in [1.165, 1.54) is 10.9 Å². The Labute approximate surface area is 143 Å². The summed E-state index contributed by atoms with van der Waals surface area (Å²) in [6, 6.07) is 3.30. The summed E-state index contributed by atoms with van der Waals surface area (Å²) in [5.74, 6) is 0.843. The molecular formula is C14H15Cl3N4O. The van der Waals surface area contributed by atoms with Crippen molar-refractivity contribution in [1.82, 2.24) is 14.8 Å². The van der Waals surface area contributed by atoms with Crippen molar-refractivity contribution in [3.63, 3.8) is 0 Å². The first kappa shape index (κ1) is 17.1. The highest BCUT2D eigenvalue weighted by Crippen LogP contribution is 2.26. The van der Waals surface area contributed by atoms with E-state index in [-0.39, 0.29) is 11.8 Å². The van der Waals surface area contributed by atoms with Gasteiger partial charge in [-0.2, -0.15) is 9.78 Å². The molecule has 0 saturated carbocycles. The second-order valence-electron chi connectivity index (χ2n) is 5.51. The first-order valence-corrected chi connectivity index (χ1v) is 7.79. The third-order valence-corrected chi connectivity index (χ3v) is 4.16. The number of hydrogen-bond donors (Lipinski definition) is 1. The van der Waals surface area contributed by atoms with E-state index in [9.17, 15) is 4.79 Å². The lowest BCUT2D eigenvalue weighted by molar-refractivity contribution is -0.123. The molecule has 1 amide bonds. The quantitative estimate of drug-likeness (QED) is 0.835. The number of alkyl halides is 1. The molecule has 0 saturated heterocycles. The third kappa shape index (κ3) is 3.54. The average molecular weight is 362 g/mol. The predicted octanol–water partition coefficient (Wildman–Crippen LogP) is 4.09. The fourth-order valence-corrected chi connectivity index (χ4v) is 2.24. The van der Waals surface area contributed by atoms with Crippen molar-refractivity contribution in [2.45, 2.75) is 20.8 Å². The summed E-state index contributed by atoms with van der Waals surface area (Å²) >= 11 is 17.8. The molecule has 2 aromatic rings. The summed E-state index contributed by atoms with van der Waals surface area (Å²) < 4.78 is 1.47. The number of amides is 1. The van der Waals surface area contributed by atoms with Gasteiger partial charge in [-0.3, -0.25) is 4.79 Å². The van der Waals surface area contributed by atoms with Crippen LogP contribution in [0.5, 0.6) is 0 Å². The van der Waals surface area contributed by atoms with Crippen molar-refractivity contribution in [3.05, 3.63) is 34.1 Å². The third-order valence-electron chi connectivity index (χ3n) is 3.01. The maximum absolute atomic E-state index is 12.3. The largest absolute Gasteiger partial charge is 0.310 e. The van der Waals surface area contributed by atoms with Gasteiger partial charge < -0.3 is 5.32 Å². The van der Waals surface area contributed by atoms with E-state index in [0.29, 0.717) is 27.4 Å². The van der Waals surface area contributed by atoms with Crippen molar-refractivity contribution >= 4 is 46.5 Å². The standard InChI is InChI=1S/C14H15Cl3N4O/c1-8-4-11(19-13(22)14(2,3)7-15)21(20-8)12-10(17)5-9(16)6-18-12/h4-6H,7H2,1-3H3,(H,19,22). The maximum Gasteiger partial charge on any atom is 0.232 e. The molecule has 2 rings (SSSR count). The Morgan fingerprint density at radius 3 is 2.64 bits per heavy atom. The number of carbonyl (C=O) groups is 1. The number of carbonyl (C=O) groups excluding carboxylic acids is 1. The molecule has 0 aromatic carbocycles. The van der Waals surface area contributed by atoms with Crippen LogP contribution in [0, 0.1) is 12.3 Å². The molecule has 2 aromatic heterocycles. The van der Waals surface area contributed by atoms with Crippen LogP contribution in [0.1, 0.15) is 19.5 Å². The number of aromatic nitrogens is 3. The number of halogens is 3. The Hall–Kier alpha value is -1.30. The lowest BCUT2D eigenvalue weighted by Gasteiger charge is -2.20. The van der Waals surface area contributed by atoms with E-state index in [2.05, 4.69) is 15.4 Å². The molecule has 5 nitrogen and oxygen atoms in total. The van der Waals surface area contributed by atoms with Crippen molar-refractivity contribution in [1.29, 1.82) is 0 Å². The number of nitrogens with zero attached hydrogens (tertiary/aromatic N) is 3. The topological polar surface area (TPSA) is 59.8 Å². The molecule has 0 aliphatic carbocycles. The molecule has 2 heterocycles. The molecule has 0 unspecified atom stereocenters. The molecule has 22 heavy (non-hydrogen) atoms. The van der Waals surface area contributed by atoms with E-state index >= 15 is 0 Å². The van der Waals surface area contributed by atoms with Crippen molar-refractivity contribution < 1.29 is 4.79 Å². The van der Waals surface area contributed by atoms with Crippen LogP contribution in [-0.2, 0) is 4.79 Å². The van der Waals surface area contributed by atoms with Gasteiger partial charge in [-0.1, -0.05) is 23.2 Å². The van der Waals surface area contributed by atoms with Crippen LogP contribution < -0.4 is 5.32 Å². The second-order valence-corrected chi connectivity index (χ2v) is 6.62. The van der Waals surface area contributed by atoms with E-state index in [1.54, 1.807) is 26.0 Å².